The number of hydrogen-bond acceptors (Lipinski definition) is 3. The smallest absolute Gasteiger partial charge is 0.262 e. The van der Waals surface area contributed by atoms with Crippen molar-refractivity contribution in [2.45, 2.75) is 25.9 Å². The van der Waals surface area contributed by atoms with Gasteiger partial charge in [0.1, 0.15) is 5.75 Å². The lowest BCUT2D eigenvalue weighted by Gasteiger charge is -2.18. The van der Waals surface area contributed by atoms with Crippen LogP contribution in [-0.2, 0) is 11.3 Å². The number of anilines is 1. The minimum Gasteiger partial charge on any atom is -0.482 e. The molecule has 1 aromatic rings. The summed E-state index contributed by atoms with van der Waals surface area (Å²) in [6.07, 6.45) is 1.27. The van der Waals surface area contributed by atoms with Gasteiger partial charge in [-0.1, -0.05) is 13.0 Å². The monoisotopic (exact) mass is 232 g/mol. The molecule has 17 heavy (non-hydrogen) atoms. The maximum atomic E-state index is 11.2. The Morgan fingerprint density at radius 1 is 1.53 bits per heavy atom. The summed E-state index contributed by atoms with van der Waals surface area (Å²) in [6, 6.07) is 6.60. The van der Waals surface area contributed by atoms with Crippen LogP contribution in [0.4, 0.5) is 5.69 Å². The number of carbonyl (C=O) groups is 1. The van der Waals surface area contributed by atoms with Gasteiger partial charge in [-0.05, 0) is 30.0 Å². The first-order chi connectivity index (χ1) is 8.22. The number of fused-ring (bicyclic) bond motifs is 1. The van der Waals surface area contributed by atoms with Gasteiger partial charge in [-0.15, -0.1) is 0 Å². The van der Waals surface area contributed by atoms with Gasteiger partial charge in [-0.3, -0.25) is 4.79 Å². The van der Waals surface area contributed by atoms with Crippen molar-refractivity contribution in [2.24, 2.45) is 5.92 Å². The summed E-state index contributed by atoms with van der Waals surface area (Å²) < 4.78 is 5.31. The second-order valence-electron chi connectivity index (χ2n) is 4.87. The molecule has 1 aromatic carbocycles. The third-order valence-corrected chi connectivity index (χ3v) is 3.35. The van der Waals surface area contributed by atoms with Gasteiger partial charge in [-0.25, -0.2) is 0 Å². The summed E-state index contributed by atoms with van der Waals surface area (Å²) in [5.41, 5.74) is 1.96. The average Bonchev–Trinajstić information content (AvgIpc) is 3.02. The van der Waals surface area contributed by atoms with Crippen LogP contribution in [0.15, 0.2) is 18.2 Å². The Labute approximate surface area is 100 Å². The Kier molecular flexibility index (Phi) is 2.52. The van der Waals surface area contributed by atoms with Crippen LogP contribution in [-0.4, -0.2) is 18.6 Å². The van der Waals surface area contributed by atoms with Crippen LogP contribution in [0.3, 0.4) is 0 Å². The summed E-state index contributed by atoms with van der Waals surface area (Å²) >= 11 is 0. The van der Waals surface area contributed by atoms with Crippen molar-refractivity contribution in [1.82, 2.24) is 5.32 Å². The first kappa shape index (κ1) is 10.6. The van der Waals surface area contributed by atoms with Crippen molar-refractivity contribution in [3.05, 3.63) is 23.8 Å². The predicted octanol–water partition coefficient (Wildman–Crippen LogP) is 1.52. The van der Waals surface area contributed by atoms with Crippen LogP contribution in [0.25, 0.3) is 0 Å². The largest absolute Gasteiger partial charge is 0.482 e. The molecule has 1 fully saturated rings. The molecule has 2 aliphatic rings. The van der Waals surface area contributed by atoms with Gasteiger partial charge in [0.15, 0.2) is 6.61 Å². The Bertz CT molecular complexity index is 459. The first-order valence-electron chi connectivity index (χ1n) is 6.01. The van der Waals surface area contributed by atoms with Crippen molar-refractivity contribution in [3.63, 3.8) is 0 Å². The molecule has 4 heteroatoms. The standard InChI is InChI=1S/C13H16N2O2/c1-8-4-10(8)14-6-9-2-3-12-11(5-9)15-13(16)7-17-12/h2-3,5,8,10,14H,4,6-7H2,1H3,(H,15,16). The van der Waals surface area contributed by atoms with E-state index >= 15 is 0 Å². The van der Waals surface area contributed by atoms with Crippen LogP contribution >= 0.6 is 0 Å². The molecule has 1 saturated carbocycles. The highest BCUT2D eigenvalue weighted by Gasteiger charge is 2.31. The molecular weight excluding hydrogens is 216 g/mol. The average molecular weight is 232 g/mol. The van der Waals surface area contributed by atoms with Crippen LogP contribution < -0.4 is 15.4 Å². The number of amides is 1. The summed E-state index contributed by atoms with van der Waals surface area (Å²) in [7, 11) is 0. The molecule has 2 N–H and O–H groups in total. The van der Waals surface area contributed by atoms with Gasteiger partial charge in [0.25, 0.3) is 5.91 Å². The fourth-order valence-corrected chi connectivity index (χ4v) is 2.10. The number of ether oxygens (including phenoxy) is 1. The molecular formula is C13H16N2O2. The summed E-state index contributed by atoms with van der Waals surface area (Å²) in [6.45, 7) is 3.21. The molecule has 1 aliphatic heterocycles. The zero-order valence-corrected chi connectivity index (χ0v) is 9.82. The Hall–Kier alpha value is -1.55. The molecule has 1 amide bonds. The van der Waals surface area contributed by atoms with Crippen molar-refractivity contribution < 1.29 is 9.53 Å². The highest BCUT2D eigenvalue weighted by atomic mass is 16.5. The summed E-state index contributed by atoms with van der Waals surface area (Å²) in [5, 5.41) is 6.31. The molecule has 0 bridgehead atoms. The number of carbonyl (C=O) groups excluding carboxylic acids is 1. The van der Waals surface area contributed by atoms with Crippen molar-refractivity contribution >= 4 is 11.6 Å². The maximum Gasteiger partial charge on any atom is 0.262 e. The fourth-order valence-electron chi connectivity index (χ4n) is 2.10. The van der Waals surface area contributed by atoms with E-state index in [1.807, 2.05) is 18.2 Å². The lowest BCUT2D eigenvalue weighted by molar-refractivity contribution is -0.118. The summed E-state index contributed by atoms with van der Waals surface area (Å²) in [5.74, 6) is 1.47. The number of rotatable bonds is 3. The van der Waals surface area contributed by atoms with Gasteiger partial charge in [-0.2, -0.15) is 0 Å². The lowest BCUT2D eigenvalue weighted by Crippen LogP contribution is -2.25. The van der Waals surface area contributed by atoms with Gasteiger partial charge in [0.05, 0.1) is 5.69 Å². The van der Waals surface area contributed by atoms with Gasteiger partial charge < -0.3 is 15.4 Å². The minimum absolute atomic E-state index is 0.0848. The molecule has 0 aromatic heterocycles. The molecule has 0 radical (unpaired) electrons. The van der Waals surface area contributed by atoms with E-state index in [4.69, 9.17) is 4.74 Å². The van der Waals surface area contributed by atoms with Crippen LogP contribution in [0.1, 0.15) is 18.9 Å². The van der Waals surface area contributed by atoms with E-state index in [1.54, 1.807) is 0 Å². The zero-order chi connectivity index (χ0) is 11.8. The molecule has 2 atom stereocenters. The van der Waals surface area contributed by atoms with Crippen LogP contribution in [0.2, 0.25) is 0 Å². The lowest BCUT2D eigenvalue weighted by atomic mass is 10.1. The molecule has 2 unspecified atom stereocenters. The van der Waals surface area contributed by atoms with E-state index in [0.717, 1.165) is 23.9 Å². The second kappa shape index (κ2) is 4.04. The van der Waals surface area contributed by atoms with Crippen LogP contribution in [0, 0.1) is 5.92 Å². The van der Waals surface area contributed by atoms with E-state index in [9.17, 15) is 4.79 Å². The van der Waals surface area contributed by atoms with E-state index in [-0.39, 0.29) is 12.5 Å². The number of benzene rings is 1. The Morgan fingerprint density at radius 3 is 3.12 bits per heavy atom. The SMILES string of the molecule is CC1CC1NCc1ccc2c(c1)NC(=O)CO2. The fraction of sp³-hybridized carbons (Fsp3) is 0.462. The molecule has 90 valence electrons. The molecule has 0 saturated heterocycles. The van der Waals surface area contributed by atoms with E-state index < -0.39 is 0 Å². The molecule has 3 rings (SSSR count). The highest BCUT2D eigenvalue weighted by Crippen LogP contribution is 2.31. The highest BCUT2D eigenvalue weighted by molar-refractivity contribution is 5.95. The van der Waals surface area contributed by atoms with Gasteiger partial charge in [0.2, 0.25) is 0 Å². The summed E-state index contributed by atoms with van der Waals surface area (Å²) in [4.78, 5) is 11.2. The molecule has 0 spiro atoms. The van der Waals surface area contributed by atoms with Crippen molar-refractivity contribution in [2.75, 3.05) is 11.9 Å². The third-order valence-electron chi connectivity index (χ3n) is 3.35. The second-order valence-corrected chi connectivity index (χ2v) is 4.87. The third kappa shape index (κ3) is 2.26. The van der Waals surface area contributed by atoms with Crippen molar-refractivity contribution in [3.8, 4) is 5.75 Å². The Morgan fingerprint density at radius 2 is 2.35 bits per heavy atom. The van der Waals surface area contributed by atoms with Crippen molar-refractivity contribution in [1.29, 1.82) is 0 Å². The van der Waals surface area contributed by atoms with Gasteiger partial charge in [0, 0.05) is 12.6 Å². The first-order valence-corrected chi connectivity index (χ1v) is 6.01. The Balaban J connectivity index is 1.69. The zero-order valence-electron chi connectivity index (χ0n) is 9.82. The normalized spacial score (nSPS) is 25.8. The van der Waals surface area contributed by atoms with E-state index in [0.29, 0.717) is 6.04 Å². The maximum absolute atomic E-state index is 11.2. The molecule has 4 nitrogen and oxygen atoms in total. The minimum atomic E-state index is -0.0848. The molecule has 1 aliphatic carbocycles. The topological polar surface area (TPSA) is 50.4 Å². The predicted molar refractivity (Wildman–Crippen MR) is 65.0 cm³/mol. The van der Waals surface area contributed by atoms with Gasteiger partial charge >= 0.3 is 0 Å². The van der Waals surface area contributed by atoms with E-state index in [1.165, 1.54) is 12.0 Å². The van der Waals surface area contributed by atoms with Crippen LogP contribution in [0.5, 0.6) is 5.75 Å². The quantitative estimate of drug-likeness (QED) is 0.830. The molecule has 1 heterocycles. The number of hydrogen-bond donors (Lipinski definition) is 2. The van der Waals surface area contributed by atoms with E-state index in [2.05, 4.69) is 17.6 Å². The number of nitrogens with one attached hydrogen (secondary N) is 2.